The number of phenolic OH excluding ortho intramolecular Hbond substituents is 1. The Morgan fingerprint density at radius 3 is 2.56 bits per heavy atom. The second-order valence-corrected chi connectivity index (χ2v) is 2.96. The molecule has 90 valence electrons. The van der Waals surface area contributed by atoms with E-state index < -0.39 is 28.2 Å². The van der Waals surface area contributed by atoms with Gasteiger partial charge in [0.15, 0.2) is 11.6 Å². The van der Waals surface area contributed by atoms with Gasteiger partial charge < -0.3 is 16.6 Å². The van der Waals surface area contributed by atoms with Crippen molar-refractivity contribution >= 4 is 18.1 Å². The minimum atomic E-state index is -1.08. The Morgan fingerprint density at radius 1 is 1.56 bits per heavy atom. The Bertz CT molecular complexity index is 402. The van der Waals surface area contributed by atoms with Crippen molar-refractivity contribution in [1.29, 1.82) is 0 Å². The molecular formula is C8H11ClFN3O3. The Kier molecular flexibility index (Phi) is 5.09. The van der Waals surface area contributed by atoms with E-state index in [9.17, 15) is 19.6 Å². The fourth-order valence-corrected chi connectivity index (χ4v) is 1.12. The highest BCUT2D eigenvalue weighted by Gasteiger charge is 2.19. The smallest absolute Gasteiger partial charge is 0.272 e. The van der Waals surface area contributed by atoms with Crippen molar-refractivity contribution in [2.45, 2.75) is 6.04 Å². The molecule has 0 radical (unpaired) electrons. The molecular weight excluding hydrogens is 241 g/mol. The Hall–Kier alpha value is -1.44. The van der Waals surface area contributed by atoms with Crippen LogP contribution in [0.15, 0.2) is 12.1 Å². The molecule has 0 unspecified atom stereocenters. The predicted molar refractivity (Wildman–Crippen MR) is 58.0 cm³/mol. The first-order valence-electron chi connectivity index (χ1n) is 4.09. The summed E-state index contributed by atoms with van der Waals surface area (Å²) in [5, 5.41) is 19.7. The Labute approximate surface area is 96.6 Å². The number of non-ortho nitro benzene ring substituents is 1. The van der Waals surface area contributed by atoms with Crippen LogP contribution >= 0.6 is 12.4 Å². The summed E-state index contributed by atoms with van der Waals surface area (Å²) < 4.78 is 13.0. The Morgan fingerprint density at radius 2 is 2.12 bits per heavy atom. The first-order chi connectivity index (χ1) is 6.97. The van der Waals surface area contributed by atoms with E-state index in [2.05, 4.69) is 0 Å². The topological polar surface area (TPSA) is 115 Å². The summed E-state index contributed by atoms with van der Waals surface area (Å²) in [5.74, 6) is -1.78. The molecule has 8 heteroatoms. The molecule has 1 aromatic rings. The van der Waals surface area contributed by atoms with Crippen molar-refractivity contribution in [2.24, 2.45) is 11.5 Å². The molecule has 0 spiro atoms. The second-order valence-electron chi connectivity index (χ2n) is 2.96. The second kappa shape index (κ2) is 5.59. The number of rotatable bonds is 3. The molecule has 1 atom stereocenters. The van der Waals surface area contributed by atoms with Crippen LogP contribution in [0.1, 0.15) is 11.6 Å². The maximum absolute atomic E-state index is 13.0. The van der Waals surface area contributed by atoms with Crippen LogP contribution in [0.2, 0.25) is 0 Å². The van der Waals surface area contributed by atoms with Crippen LogP contribution < -0.4 is 11.5 Å². The van der Waals surface area contributed by atoms with Gasteiger partial charge in [-0.15, -0.1) is 12.4 Å². The van der Waals surface area contributed by atoms with Crippen molar-refractivity contribution in [3.63, 3.8) is 0 Å². The molecule has 0 aliphatic carbocycles. The highest BCUT2D eigenvalue weighted by atomic mass is 35.5. The van der Waals surface area contributed by atoms with E-state index in [1.165, 1.54) is 0 Å². The van der Waals surface area contributed by atoms with E-state index in [-0.39, 0.29) is 24.5 Å². The number of nitrogens with zero attached hydrogens (tertiary/aromatic N) is 1. The maximum atomic E-state index is 13.0. The lowest BCUT2D eigenvalue weighted by atomic mass is 10.1. The number of aromatic hydroxyl groups is 1. The minimum absolute atomic E-state index is 0. The van der Waals surface area contributed by atoms with Gasteiger partial charge in [0.25, 0.3) is 5.69 Å². The van der Waals surface area contributed by atoms with Gasteiger partial charge in [0.05, 0.1) is 11.0 Å². The number of nitrogens with two attached hydrogens (primary N) is 2. The zero-order chi connectivity index (χ0) is 11.6. The summed E-state index contributed by atoms with van der Waals surface area (Å²) in [6.45, 7) is -0.0475. The lowest BCUT2D eigenvalue weighted by Gasteiger charge is -2.11. The Balaban J connectivity index is 0.00000225. The normalized spacial score (nSPS) is 11.7. The molecule has 0 heterocycles. The minimum Gasteiger partial charge on any atom is -0.505 e. The van der Waals surface area contributed by atoms with Gasteiger partial charge in [0.1, 0.15) is 0 Å². The van der Waals surface area contributed by atoms with Gasteiger partial charge in [-0.1, -0.05) is 0 Å². The van der Waals surface area contributed by atoms with Gasteiger partial charge in [-0.2, -0.15) is 0 Å². The van der Waals surface area contributed by atoms with Gasteiger partial charge in [0.2, 0.25) is 0 Å². The third-order valence-electron chi connectivity index (χ3n) is 1.94. The van der Waals surface area contributed by atoms with E-state index >= 15 is 0 Å². The number of halogens is 2. The molecule has 0 amide bonds. The van der Waals surface area contributed by atoms with E-state index in [0.29, 0.717) is 6.07 Å². The van der Waals surface area contributed by atoms with Gasteiger partial charge in [-0.3, -0.25) is 10.1 Å². The number of benzene rings is 1. The van der Waals surface area contributed by atoms with Crippen molar-refractivity contribution in [3.05, 3.63) is 33.6 Å². The summed E-state index contributed by atoms with van der Waals surface area (Å²) in [6.07, 6.45) is 0. The van der Waals surface area contributed by atoms with Crippen LogP contribution in [0.4, 0.5) is 10.1 Å². The number of phenols is 1. The maximum Gasteiger partial charge on any atom is 0.272 e. The molecule has 0 saturated carbocycles. The van der Waals surface area contributed by atoms with Crippen molar-refractivity contribution in [2.75, 3.05) is 6.54 Å². The molecule has 5 N–H and O–H groups in total. The molecule has 0 fully saturated rings. The number of nitro benzene ring substituents is 1. The van der Waals surface area contributed by atoms with E-state index in [4.69, 9.17) is 11.5 Å². The summed E-state index contributed by atoms with van der Waals surface area (Å²) in [6, 6.07) is 0.803. The first kappa shape index (κ1) is 14.6. The zero-order valence-electron chi connectivity index (χ0n) is 8.09. The average Bonchev–Trinajstić information content (AvgIpc) is 2.20. The molecule has 1 rings (SSSR count). The fraction of sp³-hybridized carbons (Fsp3) is 0.250. The molecule has 0 aliphatic rings. The number of nitro groups is 1. The average molecular weight is 252 g/mol. The third-order valence-corrected chi connectivity index (χ3v) is 1.94. The fourth-order valence-electron chi connectivity index (χ4n) is 1.12. The lowest BCUT2D eigenvalue weighted by Crippen LogP contribution is -2.21. The molecule has 0 saturated heterocycles. The lowest BCUT2D eigenvalue weighted by molar-refractivity contribution is -0.385. The molecule has 1 aromatic carbocycles. The number of hydrogen-bond donors (Lipinski definition) is 3. The van der Waals surface area contributed by atoms with E-state index in [1.807, 2.05) is 0 Å². The van der Waals surface area contributed by atoms with Crippen molar-refractivity contribution in [3.8, 4) is 5.75 Å². The standard InChI is InChI=1S/C8H10FN3O3.ClH/c9-6-2-4(12(14)15)1-5(8(6)13)7(11)3-10;/h1-2,7,13H,3,10-11H2;1H/t7-;/m0./s1. The molecule has 0 bridgehead atoms. The summed E-state index contributed by atoms with van der Waals surface area (Å²) in [7, 11) is 0. The highest BCUT2D eigenvalue weighted by Crippen LogP contribution is 2.30. The van der Waals surface area contributed by atoms with Gasteiger partial charge in [-0.05, 0) is 0 Å². The van der Waals surface area contributed by atoms with Crippen molar-refractivity contribution in [1.82, 2.24) is 0 Å². The van der Waals surface area contributed by atoms with Crippen LogP contribution in [0.5, 0.6) is 5.75 Å². The SMILES string of the molecule is Cl.NC[C@H](N)c1cc([N+](=O)[O-])cc(F)c1O. The van der Waals surface area contributed by atoms with Gasteiger partial charge in [0, 0.05) is 24.2 Å². The monoisotopic (exact) mass is 251 g/mol. The largest absolute Gasteiger partial charge is 0.505 e. The van der Waals surface area contributed by atoms with Crippen LogP contribution in [0, 0.1) is 15.9 Å². The molecule has 16 heavy (non-hydrogen) atoms. The summed E-state index contributed by atoms with van der Waals surface area (Å²) >= 11 is 0. The zero-order valence-corrected chi connectivity index (χ0v) is 8.91. The van der Waals surface area contributed by atoms with E-state index in [1.54, 1.807) is 0 Å². The predicted octanol–water partition coefficient (Wildman–Crippen LogP) is 0.820. The molecule has 0 aromatic heterocycles. The third kappa shape index (κ3) is 2.78. The quantitative estimate of drug-likeness (QED) is 0.543. The van der Waals surface area contributed by atoms with Crippen molar-refractivity contribution < 1.29 is 14.4 Å². The summed E-state index contributed by atoms with van der Waals surface area (Å²) in [5.41, 5.74) is 10.1. The van der Waals surface area contributed by atoms with E-state index in [0.717, 1.165) is 6.07 Å². The first-order valence-corrected chi connectivity index (χ1v) is 4.09. The van der Waals surface area contributed by atoms with Crippen LogP contribution in [-0.2, 0) is 0 Å². The van der Waals surface area contributed by atoms with Gasteiger partial charge in [-0.25, -0.2) is 4.39 Å². The van der Waals surface area contributed by atoms with Gasteiger partial charge >= 0.3 is 0 Å². The highest BCUT2D eigenvalue weighted by molar-refractivity contribution is 5.85. The van der Waals surface area contributed by atoms with Crippen LogP contribution in [0.25, 0.3) is 0 Å². The van der Waals surface area contributed by atoms with Crippen LogP contribution in [0.3, 0.4) is 0 Å². The van der Waals surface area contributed by atoms with Crippen LogP contribution in [-0.4, -0.2) is 16.6 Å². The molecule has 0 aliphatic heterocycles. The molecule has 6 nitrogen and oxygen atoms in total. The summed E-state index contributed by atoms with van der Waals surface area (Å²) in [4.78, 5) is 9.64. The number of hydrogen-bond acceptors (Lipinski definition) is 5.